The molecule has 276 valence electrons. The van der Waals surface area contributed by atoms with Crippen molar-refractivity contribution in [1.82, 2.24) is 19.8 Å². The number of ether oxygens (including phenoxy) is 1. The fourth-order valence-electron chi connectivity index (χ4n) is 8.18. The summed E-state index contributed by atoms with van der Waals surface area (Å²) in [4.78, 5) is 27.2. The fourth-order valence-corrected chi connectivity index (χ4v) is 9.13. The van der Waals surface area contributed by atoms with Crippen LogP contribution in [0.2, 0.25) is 0 Å². The number of halogens is 6. The number of carbonyl (C=O) groups excluding carboxylic acids is 1. The van der Waals surface area contributed by atoms with Gasteiger partial charge < -0.3 is 20.3 Å². The topological polar surface area (TPSA) is 112 Å². The van der Waals surface area contributed by atoms with Crippen LogP contribution >= 0.6 is 11.3 Å². The Morgan fingerprint density at radius 2 is 1.98 bits per heavy atom. The van der Waals surface area contributed by atoms with Crippen LogP contribution in [0, 0.1) is 28.9 Å². The molecule has 3 saturated heterocycles. The number of benzene rings is 2. The van der Waals surface area contributed by atoms with Gasteiger partial charge in [-0.2, -0.15) is 28.4 Å². The third-order valence-electron chi connectivity index (χ3n) is 11.0. The highest BCUT2D eigenvalue weighted by molar-refractivity contribution is 7.23. The zero-order valence-corrected chi connectivity index (χ0v) is 29.8. The van der Waals surface area contributed by atoms with E-state index in [2.05, 4.69) is 9.97 Å². The van der Waals surface area contributed by atoms with Gasteiger partial charge in [-0.15, -0.1) is 11.3 Å². The van der Waals surface area contributed by atoms with Crippen molar-refractivity contribution in [2.24, 2.45) is 5.92 Å². The number of likely N-dealkylation sites (tertiary alicyclic amines) is 1. The van der Waals surface area contributed by atoms with Gasteiger partial charge in [-0.1, -0.05) is 19.9 Å². The summed E-state index contributed by atoms with van der Waals surface area (Å²) in [6, 6.07) is 4.17. The number of hydrogen-bond acceptors (Lipinski definition) is 9. The monoisotopic (exact) mass is 745 g/mol. The van der Waals surface area contributed by atoms with E-state index in [4.69, 9.17) is 10.5 Å². The van der Waals surface area contributed by atoms with Crippen LogP contribution < -0.4 is 15.4 Å². The van der Waals surface area contributed by atoms with Crippen molar-refractivity contribution in [3.63, 3.8) is 0 Å². The smallest absolute Gasteiger partial charge is 0.417 e. The molecule has 0 saturated carbocycles. The van der Waals surface area contributed by atoms with E-state index in [0.29, 0.717) is 37.3 Å². The van der Waals surface area contributed by atoms with E-state index in [-0.39, 0.29) is 81.4 Å². The quantitative estimate of drug-likeness (QED) is 0.196. The summed E-state index contributed by atoms with van der Waals surface area (Å²) in [5.74, 6) is -2.63. The maximum atomic E-state index is 17.2. The lowest BCUT2D eigenvalue weighted by atomic mass is 9.92. The molecule has 0 radical (unpaired) electrons. The lowest BCUT2D eigenvalue weighted by Crippen LogP contribution is -2.48. The molecule has 2 aromatic carbocycles. The van der Waals surface area contributed by atoms with Crippen LogP contribution in [-0.2, 0) is 11.0 Å². The van der Waals surface area contributed by atoms with Crippen molar-refractivity contribution in [2.75, 3.05) is 50.5 Å². The Labute approximate surface area is 299 Å². The number of thiophene rings is 1. The Bertz CT molecular complexity index is 2150. The van der Waals surface area contributed by atoms with Crippen molar-refractivity contribution in [3.05, 3.63) is 41.0 Å². The number of hydrogen-bond donors (Lipinski definition) is 1. The van der Waals surface area contributed by atoms with E-state index in [1.54, 1.807) is 30.7 Å². The minimum atomic E-state index is -5.13. The van der Waals surface area contributed by atoms with Crippen molar-refractivity contribution in [3.8, 4) is 23.2 Å². The lowest BCUT2D eigenvalue weighted by Gasteiger charge is -2.37. The van der Waals surface area contributed by atoms with Gasteiger partial charge in [0, 0.05) is 55.4 Å². The average molecular weight is 746 g/mol. The Morgan fingerprint density at radius 3 is 2.67 bits per heavy atom. The number of likely N-dealkylation sites (N-methyl/N-ethyl adjacent to an activating group) is 1. The summed E-state index contributed by atoms with van der Waals surface area (Å²) in [7, 11) is 1.62. The predicted octanol–water partition coefficient (Wildman–Crippen LogP) is 7.30. The molecule has 0 aliphatic carbocycles. The second-order valence-corrected chi connectivity index (χ2v) is 15.7. The lowest BCUT2D eigenvalue weighted by molar-refractivity contribution is -0.137. The highest BCUT2D eigenvalue weighted by atomic mass is 32.1. The molecule has 3 unspecified atom stereocenters. The van der Waals surface area contributed by atoms with Gasteiger partial charge in [0.15, 0.2) is 5.82 Å². The van der Waals surface area contributed by atoms with Crippen LogP contribution in [0.15, 0.2) is 18.2 Å². The van der Waals surface area contributed by atoms with E-state index in [9.17, 15) is 18.8 Å². The van der Waals surface area contributed by atoms with Gasteiger partial charge in [-0.25, -0.2) is 13.2 Å². The number of alkyl halides is 4. The summed E-state index contributed by atoms with van der Waals surface area (Å²) in [5, 5.41) is 9.22. The molecule has 3 aliphatic heterocycles. The van der Waals surface area contributed by atoms with Crippen molar-refractivity contribution in [1.29, 1.82) is 5.26 Å². The number of rotatable bonds is 7. The first-order valence-electron chi connectivity index (χ1n) is 17.0. The van der Waals surface area contributed by atoms with Crippen LogP contribution in [0.25, 0.3) is 32.1 Å². The third-order valence-corrected chi connectivity index (χ3v) is 12.0. The molecule has 52 heavy (non-hydrogen) atoms. The van der Waals surface area contributed by atoms with Crippen molar-refractivity contribution in [2.45, 2.75) is 69.9 Å². The van der Waals surface area contributed by atoms with Gasteiger partial charge in [0.2, 0.25) is 5.91 Å². The highest BCUT2D eigenvalue weighted by Crippen LogP contribution is 2.49. The molecule has 7 rings (SSSR count). The summed E-state index contributed by atoms with van der Waals surface area (Å²) in [5.41, 5.74) is 1.04. The van der Waals surface area contributed by atoms with Gasteiger partial charge in [-0.05, 0) is 50.4 Å². The van der Waals surface area contributed by atoms with Crippen LogP contribution in [0.3, 0.4) is 0 Å². The first-order chi connectivity index (χ1) is 24.5. The van der Waals surface area contributed by atoms with Gasteiger partial charge in [0.1, 0.15) is 41.0 Å². The van der Waals surface area contributed by atoms with Gasteiger partial charge in [-0.3, -0.25) is 9.69 Å². The van der Waals surface area contributed by atoms with Crippen molar-refractivity contribution < 1.29 is 35.9 Å². The van der Waals surface area contributed by atoms with Crippen LogP contribution in [0.1, 0.15) is 57.6 Å². The second kappa shape index (κ2) is 12.6. The average Bonchev–Trinajstić information content (AvgIpc) is 3.84. The Kier molecular flexibility index (Phi) is 8.76. The molecule has 0 bridgehead atoms. The molecule has 2 N–H and O–H groups in total. The minimum Gasteiger partial charge on any atom is -0.461 e. The predicted molar refractivity (Wildman–Crippen MR) is 186 cm³/mol. The van der Waals surface area contributed by atoms with E-state index in [1.807, 2.05) is 17.9 Å². The van der Waals surface area contributed by atoms with Gasteiger partial charge >= 0.3 is 12.2 Å². The summed E-state index contributed by atoms with van der Waals surface area (Å²) in [6.07, 6.45) is -4.03. The molecular weight excluding hydrogens is 708 g/mol. The number of nitrogens with zero attached hydrogens (tertiary/aromatic N) is 6. The third kappa shape index (κ3) is 5.76. The number of fused-ring (bicyclic) bond motifs is 3. The molecule has 4 aromatic rings. The Hall–Kier alpha value is -4.36. The highest BCUT2D eigenvalue weighted by Gasteiger charge is 2.50. The Balaban J connectivity index is 1.45. The standard InChI is InChI=1S/C36H37F6N7O2S/c1-18(2)32(50)48-11-9-34(3,16-48)47(4)31-21-12-23(36(40,41)42)26(20-6-7-24(38)29-25(20)22(14-43)30(44)52-29)27(39)28(21)45-33(46-31)51-17-35-8-5-10-49(35)15-19(37)13-35/h6-7,12,18-19H,5,8-11,13,15-17,44H2,1-4H3. The largest absolute Gasteiger partial charge is 0.461 e. The molecule has 5 heterocycles. The van der Waals surface area contributed by atoms with Crippen LogP contribution in [0.4, 0.5) is 37.2 Å². The molecular formula is C36H37F6N7O2S. The number of nitriles is 1. The number of nitrogen functional groups attached to an aromatic ring is 1. The number of nitrogens with two attached hydrogens (primary N) is 1. The zero-order valence-electron chi connectivity index (χ0n) is 29.0. The molecule has 1 amide bonds. The van der Waals surface area contributed by atoms with Gasteiger partial charge in [0.25, 0.3) is 0 Å². The molecule has 16 heteroatoms. The number of anilines is 2. The van der Waals surface area contributed by atoms with E-state index in [1.165, 1.54) is 0 Å². The number of amides is 1. The molecule has 3 fully saturated rings. The maximum absolute atomic E-state index is 17.2. The molecule has 0 spiro atoms. The van der Waals surface area contributed by atoms with Crippen LogP contribution in [-0.4, -0.2) is 82.8 Å². The summed E-state index contributed by atoms with van der Waals surface area (Å²) < 4.78 is 97.9. The Morgan fingerprint density at radius 1 is 1.23 bits per heavy atom. The van der Waals surface area contributed by atoms with Gasteiger partial charge in [0.05, 0.1) is 26.9 Å². The molecule has 2 aromatic heterocycles. The molecule has 3 atom stereocenters. The second-order valence-electron chi connectivity index (χ2n) is 14.7. The van der Waals surface area contributed by atoms with E-state index >= 15 is 17.6 Å². The first kappa shape index (κ1) is 36.0. The maximum Gasteiger partial charge on any atom is 0.417 e. The zero-order chi connectivity index (χ0) is 37.5. The minimum absolute atomic E-state index is 0.0244. The number of aromatic nitrogens is 2. The molecule has 3 aliphatic rings. The van der Waals surface area contributed by atoms with E-state index in [0.717, 1.165) is 24.6 Å². The summed E-state index contributed by atoms with van der Waals surface area (Å²) >= 11 is 0.679. The fraction of sp³-hybridized carbons (Fsp3) is 0.500. The number of carbonyl (C=O) groups is 1. The molecule has 9 nitrogen and oxygen atoms in total. The SMILES string of the molecule is CC(C)C(=O)N1CCC(C)(N(C)c2nc(OCC34CCCN3CC(F)C4)nc3c(F)c(-c4ccc(F)c5sc(N)c(C#N)c45)c(C(F)(F)F)cc23)C1. The van der Waals surface area contributed by atoms with Crippen LogP contribution in [0.5, 0.6) is 6.01 Å². The van der Waals surface area contributed by atoms with Crippen molar-refractivity contribution >= 4 is 49.1 Å². The first-order valence-corrected chi connectivity index (χ1v) is 17.9. The summed E-state index contributed by atoms with van der Waals surface area (Å²) in [6.45, 7) is 6.94. The van der Waals surface area contributed by atoms with E-state index < -0.39 is 51.7 Å². The normalized spacial score (nSPS) is 23.6.